The Morgan fingerprint density at radius 1 is 0.844 bits per heavy atom. The number of aliphatic carboxylic acids is 4. The van der Waals surface area contributed by atoms with Crippen molar-refractivity contribution in [1.29, 1.82) is 0 Å². The molecule has 0 bridgehead atoms. The fraction of sp³-hybridized carbons (Fsp3) is 0.789. The van der Waals surface area contributed by atoms with Crippen molar-refractivity contribution in [2.45, 2.75) is 70.1 Å². The maximum Gasteiger partial charge on any atom is 0.321 e. The number of hydrogen-bond acceptors (Lipinski definition) is 9. The van der Waals surface area contributed by atoms with E-state index in [0.29, 0.717) is 12.3 Å². The van der Waals surface area contributed by atoms with E-state index in [1.165, 1.54) is 0 Å². The van der Waals surface area contributed by atoms with Crippen molar-refractivity contribution in [1.82, 2.24) is 10.6 Å². The second-order valence-corrected chi connectivity index (χ2v) is 8.04. The van der Waals surface area contributed by atoms with Gasteiger partial charge in [-0.2, -0.15) is 12.6 Å². The minimum Gasteiger partial charge on any atom is -0.480 e. The largest absolute Gasteiger partial charge is 0.480 e. The molecule has 4 atom stereocenters. The first-order chi connectivity index (χ1) is 14.8. The van der Waals surface area contributed by atoms with Crippen molar-refractivity contribution < 1.29 is 39.6 Å². The molecule has 2 fully saturated rings. The topological polar surface area (TPSA) is 225 Å². The van der Waals surface area contributed by atoms with Crippen molar-refractivity contribution in [3.63, 3.8) is 0 Å². The summed E-state index contributed by atoms with van der Waals surface area (Å²) in [7, 11) is 0. The van der Waals surface area contributed by atoms with E-state index in [1.807, 2.05) is 13.8 Å². The lowest BCUT2D eigenvalue weighted by atomic mass is 10.1. The van der Waals surface area contributed by atoms with Gasteiger partial charge in [0.2, 0.25) is 0 Å². The summed E-state index contributed by atoms with van der Waals surface area (Å²) in [6.45, 7) is 5.61. The van der Waals surface area contributed by atoms with E-state index >= 15 is 0 Å². The van der Waals surface area contributed by atoms with Crippen LogP contribution >= 0.6 is 12.6 Å². The van der Waals surface area contributed by atoms with Crippen LogP contribution in [-0.2, 0) is 19.2 Å². The normalized spacial score (nSPS) is 20.9. The number of carbonyl (C=O) groups is 4. The first-order valence-electron chi connectivity index (χ1n) is 10.3. The van der Waals surface area contributed by atoms with Crippen LogP contribution in [-0.4, -0.2) is 87.3 Å². The van der Waals surface area contributed by atoms with Gasteiger partial charge in [-0.15, -0.1) is 0 Å². The molecular formula is C19H38N4O8S. The van der Waals surface area contributed by atoms with Gasteiger partial charge in [0.1, 0.15) is 24.2 Å². The maximum atomic E-state index is 10.1. The molecule has 0 aromatic heterocycles. The monoisotopic (exact) mass is 482 g/mol. The molecule has 0 aromatic carbocycles. The van der Waals surface area contributed by atoms with Gasteiger partial charge >= 0.3 is 23.9 Å². The molecule has 0 radical (unpaired) electrons. The standard InChI is InChI=1S/C6H13NO2.2C5H9NO2.C3H7NO2S/c1-4(2)3-5(7)6(8)9;2*7-5(8)4-2-1-3-6-4;4-2(1-7)3(5)6/h4-5H,3,7H2,1-2H3,(H,8,9);2*4,6H,1-3H2,(H,7,8);2,7H,1,4H2,(H,5,6)/t;2*4-;/m.00./s1. The minimum atomic E-state index is -1.00. The van der Waals surface area contributed by atoms with Gasteiger partial charge in [0.25, 0.3) is 0 Å². The van der Waals surface area contributed by atoms with Gasteiger partial charge in [-0.05, 0) is 51.1 Å². The quantitative estimate of drug-likeness (QED) is 0.208. The number of nitrogens with one attached hydrogen (secondary N) is 2. The molecule has 13 heteroatoms. The summed E-state index contributed by atoms with van der Waals surface area (Å²) < 4.78 is 0. The summed E-state index contributed by atoms with van der Waals surface area (Å²) in [5, 5.41) is 38.7. The van der Waals surface area contributed by atoms with Crippen molar-refractivity contribution >= 4 is 36.5 Å². The smallest absolute Gasteiger partial charge is 0.321 e. The number of carboxylic acid groups (broad SMARTS) is 4. The molecule has 2 heterocycles. The number of nitrogens with two attached hydrogens (primary N) is 2. The van der Waals surface area contributed by atoms with Gasteiger partial charge in [-0.25, -0.2) is 0 Å². The van der Waals surface area contributed by atoms with E-state index in [0.717, 1.165) is 38.8 Å². The Labute approximate surface area is 193 Å². The van der Waals surface area contributed by atoms with Crippen LogP contribution < -0.4 is 22.1 Å². The summed E-state index contributed by atoms with van der Waals surface area (Å²) in [6, 6.07) is -2.04. The molecule has 10 N–H and O–H groups in total. The SMILES string of the molecule is CC(C)CC(N)C(=O)O.NC(CS)C(=O)O.O=C(O)[C@@H]1CCCN1.O=C(O)[C@@H]1CCCN1. The molecule has 2 saturated heterocycles. The van der Waals surface area contributed by atoms with Crippen LogP contribution in [0.15, 0.2) is 0 Å². The highest BCUT2D eigenvalue weighted by molar-refractivity contribution is 7.80. The third-order valence-corrected chi connectivity index (χ3v) is 4.67. The van der Waals surface area contributed by atoms with Gasteiger partial charge in [0, 0.05) is 5.75 Å². The van der Waals surface area contributed by atoms with Gasteiger partial charge in [0.15, 0.2) is 0 Å². The van der Waals surface area contributed by atoms with Crippen LogP contribution in [0.25, 0.3) is 0 Å². The Hall–Kier alpha value is -1.93. The molecule has 188 valence electrons. The third-order valence-electron chi connectivity index (χ3n) is 4.27. The lowest BCUT2D eigenvalue weighted by Crippen LogP contribution is -2.31. The molecule has 0 spiro atoms. The van der Waals surface area contributed by atoms with E-state index in [1.54, 1.807) is 0 Å². The van der Waals surface area contributed by atoms with Crippen LogP contribution in [0.5, 0.6) is 0 Å². The lowest BCUT2D eigenvalue weighted by Gasteiger charge is -2.07. The number of rotatable bonds is 7. The summed E-state index contributed by atoms with van der Waals surface area (Å²) in [5.74, 6) is -2.81. The Kier molecular flexibility index (Phi) is 18.8. The zero-order valence-electron chi connectivity index (χ0n) is 18.6. The van der Waals surface area contributed by atoms with Gasteiger partial charge in [0.05, 0.1) is 0 Å². The Morgan fingerprint density at radius 3 is 1.31 bits per heavy atom. The van der Waals surface area contributed by atoms with Gasteiger partial charge in [-0.1, -0.05) is 13.8 Å². The highest BCUT2D eigenvalue weighted by Crippen LogP contribution is 2.04. The lowest BCUT2D eigenvalue weighted by molar-refractivity contribution is -0.140. The molecule has 0 aromatic rings. The van der Waals surface area contributed by atoms with Crippen LogP contribution in [0.3, 0.4) is 0 Å². The van der Waals surface area contributed by atoms with Crippen molar-refractivity contribution in [2.24, 2.45) is 17.4 Å². The van der Waals surface area contributed by atoms with Gasteiger partial charge in [-0.3, -0.25) is 19.2 Å². The summed E-state index contributed by atoms with van der Waals surface area (Å²) in [5.41, 5.74) is 10.2. The number of thiol groups is 1. The molecule has 0 amide bonds. The zero-order valence-corrected chi connectivity index (χ0v) is 19.5. The highest BCUT2D eigenvalue weighted by Gasteiger charge is 2.20. The van der Waals surface area contributed by atoms with E-state index in [9.17, 15) is 19.2 Å². The average molecular weight is 483 g/mol. The van der Waals surface area contributed by atoms with E-state index in [4.69, 9.17) is 31.9 Å². The maximum absolute atomic E-state index is 10.1. The van der Waals surface area contributed by atoms with Crippen LogP contribution in [0.2, 0.25) is 0 Å². The average Bonchev–Trinajstić information content (AvgIpc) is 3.42. The molecule has 32 heavy (non-hydrogen) atoms. The van der Waals surface area contributed by atoms with E-state index in [2.05, 4.69) is 23.3 Å². The van der Waals surface area contributed by atoms with Crippen molar-refractivity contribution in [3.05, 3.63) is 0 Å². The molecule has 12 nitrogen and oxygen atoms in total. The van der Waals surface area contributed by atoms with Gasteiger partial charge < -0.3 is 42.5 Å². The fourth-order valence-electron chi connectivity index (χ4n) is 2.48. The van der Waals surface area contributed by atoms with Crippen LogP contribution in [0, 0.1) is 5.92 Å². The molecule has 2 rings (SSSR count). The Morgan fingerprint density at radius 2 is 1.22 bits per heavy atom. The molecular weight excluding hydrogens is 444 g/mol. The highest BCUT2D eigenvalue weighted by atomic mass is 32.1. The number of carboxylic acids is 4. The first kappa shape index (κ1) is 32.3. The Balaban J connectivity index is 0. The second-order valence-electron chi connectivity index (χ2n) is 7.68. The van der Waals surface area contributed by atoms with E-state index in [-0.39, 0.29) is 17.8 Å². The van der Waals surface area contributed by atoms with Crippen molar-refractivity contribution in [3.8, 4) is 0 Å². The molecule has 2 aliphatic heterocycles. The summed E-state index contributed by atoms with van der Waals surface area (Å²) in [4.78, 5) is 40.1. The van der Waals surface area contributed by atoms with E-state index < -0.39 is 36.0 Å². The predicted molar refractivity (Wildman–Crippen MR) is 122 cm³/mol. The Bertz CT molecular complexity index is 542. The predicted octanol–water partition coefficient (Wildman–Crippen LogP) is -0.581. The third kappa shape index (κ3) is 17.7. The first-order valence-corrected chi connectivity index (χ1v) is 11.0. The second kappa shape index (κ2) is 18.6. The molecule has 0 saturated carbocycles. The summed E-state index contributed by atoms with van der Waals surface area (Å²) >= 11 is 3.65. The molecule has 0 aliphatic carbocycles. The van der Waals surface area contributed by atoms with Crippen molar-refractivity contribution in [2.75, 3.05) is 18.8 Å². The fourth-order valence-corrected chi connectivity index (χ4v) is 2.63. The summed E-state index contributed by atoms with van der Waals surface area (Å²) in [6.07, 6.45) is 4.12. The van der Waals surface area contributed by atoms with Crippen LogP contribution in [0.4, 0.5) is 0 Å². The molecule has 2 unspecified atom stereocenters. The van der Waals surface area contributed by atoms with Crippen LogP contribution in [0.1, 0.15) is 46.0 Å². The molecule has 2 aliphatic rings. The number of hydrogen-bond donors (Lipinski definition) is 9. The zero-order chi connectivity index (χ0) is 25.3. The minimum absolute atomic E-state index is 0.190.